The number of likely N-dealkylation sites (tertiary alicyclic amines) is 1. The van der Waals surface area contributed by atoms with E-state index in [0.717, 1.165) is 22.1 Å². The van der Waals surface area contributed by atoms with Crippen LogP contribution in [0.3, 0.4) is 0 Å². The van der Waals surface area contributed by atoms with Crippen LogP contribution in [0.1, 0.15) is 44.2 Å². The van der Waals surface area contributed by atoms with Crippen LogP contribution in [0.4, 0.5) is 10.5 Å². The van der Waals surface area contributed by atoms with Gasteiger partial charge in [0.1, 0.15) is 11.7 Å². The first-order valence-corrected chi connectivity index (χ1v) is 8.95. The van der Waals surface area contributed by atoms with Gasteiger partial charge in [0.05, 0.1) is 11.3 Å². The maximum atomic E-state index is 12.4. The van der Waals surface area contributed by atoms with Crippen molar-refractivity contribution < 1.29 is 9.53 Å². The Morgan fingerprint density at radius 1 is 1.42 bits per heavy atom. The number of fused-ring (bicyclic) bond motifs is 3. The number of carbonyl (C=O) groups excluding carboxylic acids is 1. The fraction of sp³-hybridized carbons (Fsp3) is 0.556. The number of nitriles is 1. The molecule has 3 rings (SSSR count). The SMILES string of the molecule is CN1c2c(C#N)cc(Br)cc2C2CN(C(=O)OC(C)(C)C)CCC21. The lowest BCUT2D eigenvalue weighted by atomic mass is 9.89. The molecule has 1 aromatic carbocycles. The summed E-state index contributed by atoms with van der Waals surface area (Å²) in [6.07, 6.45) is 0.616. The van der Waals surface area contributed by atoms with E-state index in [4.69, 9.17) is 4.74 Å². The molecule has 6 heteroatoms. The van der Waals surface area contributed by atoms with Crippen molar-refractivity contribution in [2.75, 3.05) is 25.0 Å². The van der Waals surface area contributed by atoms with Gasteiger partial charge in [0.15, 0.2) is 0 Å². The van der Waals surface area contributed by atoms with E-state index in [2.05, 4.69) is 33.0 Å². The van der Waals surface area contributed by atoms with Crippen molar-refractivity contribution in [1.82, 2.24) is 4.90 Å². The van der Waals surface area contributed by atoms with Gasteiger partial charge < -0.3 is 14.5 Å². The molecule has 0 aromatic heterocycles. The number of amides is 1. The highest BCUT2D eigenvalue weighted by molar-refractivity contribution is 9.10. The zero-order valence-electron chi connectivity index (χ0n) is 14.5. The van der Waals surface area contributed by atoms with Crippen molar-refractivity contribution in [3.63, 3.8) is 0 Å². The Morgan fingerprint density at radius 3 is 2.75 bits per heavy atom. The Balaban J connectivity index is 1.90. The van der Waals surface area contributed by atoms with Gasteiger partial charge in [-0.2, -0.15) is 5.26 Å². The molecule has 0 bridgehead atoms. The van der Waals surface area contributed by atoms with Crippen molar-refractivity contribution in [2.45, 2.75) is 44.8 Å². The molecule has 1 amide bonds. The van der Waals surface area contributed by atoms with Crippen molar-refractivity contribution in [1.29, 1.82) is 5.26 Å². The first-order chi connectivity index (χ1) is 11.2. The molecule has 0 aliphatic carbocycles. The van der Waals surface area contributed by atoms with Crippen LogP contribution in [-0.2, 0) is 4.74 Å². The van der Waals surface area contributed by atoms with Crippen LogP contribution in [0.25, 0.3) is 0 Å². The summed E-state index contributed by atoms with van der Waals surface area (Å²) in [5, 5.41) is 9.46. The normalized spacial score (nSPS) is 22.7. The lowest BCUT2D eigenvalue weighted by Crippen LogP contribution is -2.48. The number of benzene rings is 1. The molecule has 0 spiro atoms. The predicted octanol–water partition coefficient (Wildman–Crippen LogP) is 3.86. The standard InChI is InChI=1S/C18H22BrN3O2/c1-18(2,3)24-17(23)22-6-5-15-14(10-22)13-8-12(19)7-11(9-20)16(13)21(15)4/h7-8,14-15H,5-6,10H2,1-4H3. The first-order valence-electron chi connectivity index (χ1n) is 8.15. The molecule has 1 fully saturated rings. The van der Waals surface area contributed by atoms with E-state index in [-0.39, 0.29) is 12.0 Å². The zero-order chi connectivity index (χ0) is 17.6. The fourth-order valence-corrected chi connectivity index (χ4v) is 4.22. The number of likely N-dealkylation sites (N-methyl/N-ethyl adjacent to an activating group) is 1. The summed E-state index contributed by atoms with van der Waals surface area (Å²) in [5.74, 6) is 0.205. The molecule has 1 saturated heterocycles. The average Bonchev–Trinajstić information content (AvgIpc) is 2.77. The van der Waals surface area contributed by atoms with E-state index in [9.17, 15) is 10.1 Å². The highest BCUT2D eigenvalue weighted by Gasteiger charge is 2.43. The summed E-state index contributed by atoms with van der Waals surface area (Å²) >= 11 is 3.50. The van der Waals surface area contributed by atoms with Gasteiger partial charge in [0.25, 0.3) is 0 Å². The largest absolute Gasteiger partial charge is 0.444 e. The van der Waals surface area contributed by atoms with Crippen LogP contribution >= 0.6 is 15.9 Å². The van der Waals surface area contributed by atoms with Crippen LogP contribution in [-0.4, -0.2) is 42.8 Å². The monoisotopic (exact) mass is 391 g/mol. The van der Waals surface area contributed by atoms with Gasteiger partial charge in [-0.3, -0.25) is 0 Å². The number of piperidine rings is 1. The molecular weight excluding hydrogens is 370 g/mol. The number of halogens is 1. The van der Waals surface area contributed by atoms with Crippen LogP contribution in [0, 0.1) is 11.3 Å². The molecular formula is C18H22BrN3O2. The smallest absolute Gasteiger partial charge is 0.410 e. The molecule has 24 heavy (non-hydrogen) atoms. The molecule has 2 unspecified atom stereocenters. The third-order valence-corrected chi connectivity index (χ3v) is 5.16. The number of anilines is 1. The van der Waals surface area contributed by atoms with E-state index < -0.39 is 5.60 Å². The Labute approximate surface area is 151 Å². The van der Waals surface area contributed by atoms with Crippen molar-refractivity contribution >= 4 is 27.7 Å². The molecule has 1 aromatic rings. The van der Waals surface area contributed by atoms with Crippen LogP contribution < -0.4 is 4.90 Å². The molecule has 2 aliphatic heterocycles. The van der Waals surface area contributed by atoms with Gasteiger partial charge in [-0.1, -0.05) is 15.9 Å². The number of hydrogen-bond donors (Lipinski definition) is 0. The van der Waals surface area contributed by atoms with Crippen molar-refractivity contribution in [3.8, 4) is 6.07 Å². The van der Waals surface area contributed by atoms with E-state index in [0.29, 0.717) is 24.7 Å². The predicted molar refractivity (Wildman–Crippen MR) is 96.2 cm³/mol. The van der Waals surface area contributed by atoms with Crippen LogP contribution in [0.15, 0.2) is 16.6 Å². The maximum absolute atomic E-state index is 12.4. The summed E-state index contributed by atoms with van der Waals surface area (Å²) < 4.78 is 6.42. The minimum absolute atomic E-state index is 0.205. The molecule has 0 N–H and O–H groups in total. The first kappa shape index (κ1) is 17.1. The molecule has 5 nitrogen and oxygen atoms in total. The van der Waals surface area contributed by atoms with Crippen LogP contribution in [0.5, 0.6) is 0 Å². The van der Waals surface area contributed by atoms with E-state index in [1.807, 2.05) is 33.9 Å². The molecule has 2 heterocycles. The van der Waals surface area contributed by atoms with E-state index >= 15 is 0 Å². The fourth-order valence-electron chi connectivity index (χ4n) is 3.75. The maximum Gasteiger partial charge on any atom is 0.410 e. The number of ether oxygens (including phenoxy) is 1. The molecule has 2 aliphatic rings. The number of rotatable bonds is 0. The summed E-state index contributed by atoms with van der Waals surface area (Å²) in [6.45, 7) is 6.95. The lowest BCUT2D eigenvalue weighted by Gasteiger charge is -2.38. The van der Waals surface area contributed by atoms with Gasteiger partial charge in [-0.25, -0.2) is 4.79 Å². The second-order valence-corrected chi connectivity index (χ2v) is 8.42. The Bertz CT molecular complexity index is 720. The number of carbonyl (C=O) groups is 1. The van der Waals surface area contributed by atoms with Gasteiger partial charge in [-0.15, -0.1) is 0 Å². The molecule has 128 valence electrons. The van der Waals surface area contributed by atoms with E-state index in [1.165, 1.54) is 0 Å². The number of nitrogens with zero attached hydrogens (tertiary/aromatic N) is 3. The second-order valence-electron chi connectivity index (χ2n) is 7.50. The third-order valence-electron chi connectivity index (χ3n) is 4.70. The van der Waals surface area contributed by atoms with Crippen molar-refractivity contribution in [2.24, 2.45) is 0 Å². The second kappa shape index (κ2) is 5.96. The lowest BCUT2D eigenvalue weighted by molar-refractivity contribution is 0.0190. The summed E-state index contributed by atoms with van der Waals surface area (Å²) in [4.78, 5) is 16.4. The Morgan fingerprint density at radius 2 is 2.12 bits per heavy atom. The van der Waals surface area contributed by atoms with Gasteiger partial charge >= 0.3 is 6.09 Å². The topological polar surface area (TPSA) is 56.6 Å². The minimum atomic E-state index is -0.491. The average molecular weight is 392 g/mol. The van der Waals surface area contributed by atoms with Crippen LogP contribution in [0.2, 0.25) is 0 Å². The highest BCUT2D eigenvalue weighted by atomic mass is 79.9. The zero-order valence-corrected chi connectivity index (χ0v) is 16.1. The van der Waals surface area contributed by atoms with E-state index in [1.54, 1.807) is 4.90 Å². The summed E-state index contributed by atoms with van der Waals surface area (Å²) in [7, 11) is 2.04. The Hall–Kier alpha value is -1.74. The van der Waals surface area contributed by atoms with Gasteiger partial charge in [0, 0.05) is 36.6 Å². The van der Waals surface area contributed by atoms with Gasteiger partial charge in [-0.05, 0) is 44.9 Å². The molecule has 0 radical (unpaired) electrons. The van der Waals surface area contributed by atoms with Gasteiger partial charge in [0.2, 0.25) is 0 Å². The molecule has 2 atom stereocenters. The Kier molecular flexibility index (Phi) is 4.25. The molecule has 0 saturated carbocycles. The summed E-state index contributed by atoms with van der Waals surface area (Å²) in [6, 6.07) is 6.55. The quantitative estimate of drug-likeness (QED) is 0.673. The third kappa shape index (κ3) is 2.98. The minimum Gasteiger partial charge on any atom is -0.444 e. The number of hydrogen-bond acceptors (Lipinski definition) is 4. The summed E-state index contributed by atoms with van der Waals surface area (Å²) in [5.41, 5.74) is 2.33. The highest BCUT2D eigenvalue weighted by Crippen LogP contribution is 2.46. The van der Waals surface area contributed by atoms with Crippen molar-refractivity contribution in [3.05, 3.63) is 27.7 Å².